The summed E-state index contributed by atoms with van der Waals surface area (Å²) in [7, 11) is 0. The Hall–Kier alpha value is 0.170. The summed E-state index contributed by atoms with van der Waals surface area (Å²) in [5, 5.41) is 0.858. The van der Waals surface area contributed by atoms with Gasteiger partial charge >= 0.3 is 6.80 Å². The molecule has 0 fully saturated rings. The highest BCUT2D eigenvalue weighted by atomic mass is 35.5. The summed E-state index contributed by atoms with van der Waals surface area (Å²) in [6, 6.07) is 1.47. The molecule has 1 atom stereocenters. The molecule has 0 N–H and O–H groups in total. The Kier molecular flexibility index (Phi) is 8.69. The van der Waals surface area contributed by atoms with E-state index in [9.17, 15) is 4.57 Å². The van der Waals surface area contributed by atoms with Crippen LogP contribution < -0.4 is 4.52 Å². The van der Waals surface area contributed by atoms with E-state index in [2.05, 4.69) is 6.58 Å². The lowest BCUT2D eigenvalue weighted by atomic mass is 10.1. The third kappa shape index (κ3) is 5.36. The van der Waals surface area contributed by atoms with Crippen molar-refractivity contribution in [2.24, 2.45) is 0 Å². The minimum atomic E-state index is -3.37. The van der Waals surface area contributed by atoms with Crippen LogP contribution in [0.5, 0.6) is 5.75 Å². The first-order chi connectivity index (χ1) is 10.4. The summed E-state index contributed by atoms with van der Waals surface area (Å²) in [6.07, 6.45) is 2.88. The van der Waals surface area contributed by atoms with Crippen LogP contribution >= 0.6 is 53.0 Å². The van der Waals surface area contributed by atoms with Gasteiger partial charge in [0.1, 0.15) is 0 Å². The molecule has 1 aromatic rings. The van der Waals surface area contributed by atoms with Gasteiger partial charge in [0.15, 0.2) is 5.75 Å². The van der Waals surface area contributed by atoms with Crippen LogP contribution in [0.15, 0.2) is 18.7 Å². The molecule has 0 aromatic heterocycles. The minimum Gasteiger partial charge on any atom is -0.415 e. The van der Waals surface area contributed by atoms with Crippen LogP contribution in [0.4, 0.5) is 0 Å². The maximum Gasteiger partial charge on any atom is 0.440 e. The van der Waals surface area contributed by atoms with Crippen molar-refractivity contribution in [2.75, 3.05) is 12.4 Å². The molecule has 1 aromatic carbocycles. The van der Waals surface area contributed by atoms with Crippen molar-refractivity contribution in [2.45, 2.75) is 26.7 Å². The molecular weight excluding hydrogens is 386 g/mol. The fourth-order valence-electron chi connectivity index (χ4n) is 1.62. The quantitative estimate of drug-likeness (QED) is 0.251. The average molecular weight is 404 g/mol. The normalized spacial score (nSPS) is 13.7. The Morgan fingerprint density at radius 2 is 2.00 bits per heavy atom. The highest BCUT2D eigenvalue weighted by Crippen LogP contribution is 2.62. The molecular formula is C14H18Cl3O3PS. The van der Waals surface area contributed by atoms with Crippen LogP contribution in [0.1, 0.15) is 25.8 Å². The molecule has 0 aliphatic heterocycles. The van der Waals surface area contributed by atoms with E-state index in [1.165, 1.54) is 6.07 Å². The van der Waals surface area contributed by atoms with Crippen LogP contribution in [-0.4, -0.2) is 12.4 Å². The lowest BCUT2D eigenvalue weighted by molar-refractivity contribution is 0.295. The minimum absolute atomic E-state index is 0.233. The van der Waals surface area contributed by atoms with E-state index < -0.39 is 6.80 Å². The molecule has 0 aliphatic rings. The summed E-state index contributed by atoms with van der Waals surface area (Å²) in [5.41, 5.74) is 0.547. The molecule has 0 amide bonds. The molecule has 0 spiro atoms. The Bertz CT molecular complexity index is 581. The van der Waals surface area contributed by atoms with Crippen molar-refractivity contribution in [3.8, 4) is 5.75 Å². The van der Waals surface area contributed by atoms with Crippen molar-refractivity contribution in [1.29, 1.82) is 0 Å². The van der Waals surface area contributed by atoms with Gasteiger partial charge in [-0.15, -0.1) is 6.58 Å². The van der Waals surface area contributed by atoms with E-state index >= 15 is 0 Å². The summed E-state index contributed by atoms with van der Waals surface area (Å²) in [6.45, 7) is 4.31. The number of halogens is 3. The number of allylic oxidation sites excluding steroid dienone is 1. The molecule has 0 radical (unpaired) electrons. The van der Waals surface area contributed by atoms with Gasteiger partial charge < -0.3 is 4.52 Å². The van der Waals surface area contributed by atoms with Crippen molar-refractivity contribution in [3.05, 3.63) is 39.4 Å². The largest absolute Gasteiger partial charge is 0.440 e. The molecule has 0 bridgehead atoms. The molecule has 1 unspecified atom stereocenters. The van der Waals surface area contributed by atoms with Gasteiger partial charge in [0, 0.05) is 11.3 Å². The topological polar surface area (TPSA) is 35.5 Å². The number of benzene rings is 1. The fraction of sp³-hybridized carbons (Fsp3) is 0.429. The second-order valence-electron chi connectivity index (χ2n) is 4.24. The molecule has 0 aliphatic carbocycles. The molecule has 0 saturated heterocycles. The van der Waals surface area contributed by atoms with Gasteiger partial charge in [-0.2, -0.15) is 0 Å². The van der Waals surface area contributed by atoms with Gasteiger partial charge in [-0.05, 0) is 37.2 Å². The monoisotopic (exact) mass is 402 g/mol. The molecule has 3 nitrogen and oxygen atoms in total. The van der Waals surface area contributed by atoms with Crippen LogP contribution in [0.2, 0.25) is 15.1 Å². The van der Waals surface area contributed by atoms with Crippen LogP contribution in [0.25, 0.3) is 0 Å². The zero-order chi connectivity index (χ0) is 16.8. The SMILES string of the molecule is C=CCc1c(Cl)c(Cl)cc(Cl)c1OP(=O)(OCC)SCCC. The van der Waals surface area contributed by atoms with E-state index in [4.69, 9.17) is 43.9 Å². The van der Waals surface area contributed by atoms with E-state index in [0.717, 1.165) is 17.8 Å². The standard InChI is InChI=1S/C14H18Cl3O3PS/c1-4-7-10-13(17)11(15)9-12(16)14(10)20-21(18,19-6-3)22-8-5-2/h4,9H,1,5-8H2,2-3H3. The van der Waals surface area contributed by atoms with Crippen molar-refractivity contribution in [1.82, 2.24) is 0 Å². The molecule has 1 rings (SSSR count). The third-order valence-electron chi connectivity index (χ3n) is 2.51. The summed E-state index contributed by atoms with van der Waals surface area (Å²) in [4.78, 5) is 0. The first kappa shape index (κ1) is 20.2. The van der Waals surface area contributed by atoms with Crippen LogP contribution in [0, 0.1) is 0 Å². The Morgan fingerprint density at radius 3 is 2.55 bits per heavy atom. The summed E-state index contributed by atoms with van der Waals surface area (Å²) >= 11 is 19.6. The van der Waals surface area contributed by atoms with Crippen molar-refractivity contribution < 1.29 is 13.6 Å². The maximum absolute atomic E-state index is 12.8. The zero-order valence-corrected chi connectivity index (χ0v) is 16.4. The third-order valence-corrected chi connectivity index (χ3v) is 7.54. The average Bonchev–Trinajstić information content (AvgIpc) is 2.47. The van der Waals surface area contributed by atoms with Gasteiger partial charge in [0.25, 0.3) is 0 Å². The van der Waals surface area contributed by atoms with Gasteiger partial charge in [0.05, 0.1) is 21.7 Å². The molecule has 0 saturated carbocycles. The molecule has 8 heteroatoms. The number of rotatable bonds is 9. The highest BCUT2D eigenvalue weighted by Gasteiger charge is 2.30. The predicted octanol–water partition coefficient (Wildman–Crippen LogP) is 7.04. The Labute approximate surface area is 150 Å². The zero-order valence-electron chi connectivity index (χ0n) is 12.4. The first-order valence-electron chi connectivity index (χ1n) is 6.74. The second kappa shape index (κ2) is 9.46. The Morgan fingerprint density at radius 1 is 1.32 bits per heavy atom. The summed E-state index contributed by atoms with van der Waals surface area (Å²) < 4.78 is 23.8. The van der Waals surface area contributed by atoms with E-state index in [0.29, 0.717) is 27.8 Å². The number of hydrogen-bond acceptors (Lipinski definition) is 4. The number of hydrogen-bond donors (Lipinski definition) is 0. The van der Waals surface area contributed by atoms with E-state index in [-0.39, 0.29) is 17.4 Å². The Balaban J connectivity index is 3.26. The fourth-order valence-corrected chi connectivity index (χ4v) is 5.90. The van der Waals surface area contributed by atoms with Crippen molar-refractivity contribution in [3.63, 3.8) is 0 Å². The summed E-state index contributed by atoms with van der Waals surface area (Å²) in [5.74, 6) is 0.879. The predicted molar refractivity (Wildman–Crippen MR) is 98.0 cm³/mol. The van der Waals surface area contributed by atoms with Crippen molar-refractivity contribution >= 4 is 53.0 Å². The lowest BCUT2D eigenvalue weighted by Crippen LogP contribution is -2.00. The molecule has 124 valence electrons. The molecule has 22 heavy (non-hydrogen) atoms. The van der Waals surface area contributed by atoms with Gasteiger partial charge in [-0.3, -0.25) is 4.52 Å². The maximum atomic E-state index is 12.8. The van der Waals surface area contributed by atoms with E-state index in [1.807, 2.05) is 6.92 Å². The van der Waals surface area contributed by atoms with Gasteiger partial charge in [0.2, 0.25) is 0 Å². The van der Waals surface area contributed by atoms with Crippen LogP contribution in [-0.2, 0) is 15.5 Å². The van der Waals surface area contributed by atoms with Gasteiger partial charge in [-0.25, -0.2) is 4.57 Å². The second-order valence-corrected chi connectivity index (χ2v) is 9.55. The van der Waals surface area contributed by atoms with E-state index in [1.54, 1.807) is 13.0 Å². The highest BCUT2D eigenvalue weighted by molar-refractivity contribution is 8.55. The first-order valence-corrected chi connectivity index (χ1v) is 11.0. The smallest absolute Gasteiger partial charge is 0.415 e. The lowest BCUT2D eigenvalue weighted by Gasteiger charge is -2.21. The van der Waals surface area contributed by atoms with Crippen LogP contribution in [0.3, 0.4) is 0 Å². The molecule has 0 heterocycles. The van der Waals surface area contributed by atoms with Gasteiger partial charge in [-0.1, -0.05) is 47.8 Å².